The fourth-order valence-corrected chi connectivity index (χ4v) is 1.86. The molecule has 2 N–H and O–H groups in total. The molecule has 1 aliphatic heterocycles. The fourth-order valence-electron chi connectivity index (χ4n) is 1.86. The van der Waals surface area contributed by atoms with Crippen molar-refractivity contribution in [1.82, 2.24) is 10.2 Å². The van der Waals surface area contributed by atoms with E-state index in [9.17, 15) is 9.90 Å². The highest BCUT2D eigenvalue weighted by molar-refractivity contribution is 5.76. The van der Waals surface area contributed by atoms with Gasteiger partial charge in [-0.2, -0.15) is 0 Å². The van der Waals surface area contributed by atoms with Crippen molar-refractivity contribution in [3.8, 4) is 0 Å². The zero-order valence-electron chi connectivity index (χ0n) is 9.75. The van der Waals surface area contributed by atoms with Gasteiger partial charge in [0, 0.05) is 32.6 Å². The number of β-amino-alcohol motifs (C(OH)–C–C–N with tert-alkyl or cyclic N) is 1. The van der Waals surface area contributed by atoms with E-state index < -0.39 is 5.60 Å². The Morgan fingerprint density at radius 1 is 1.40 bits per heavy atom. The molecule has 4 nitrogen and oxygen atoms in total. The van der Waals surface area contributed by atoms with Gasteiger partial charge in [0.05, 0.1) is 5.60 Å². The van der Waals surface area contributed by atoms with Crippen LogP contribution in [0.2, 0.25) is 0 Å². The molecule has 4 heteroatoms. The molecule has 0 unspecified atom stereocenters. The first-order chi connectivity index (χ1) is 7.09. The largest absolute Gasteiger partial charge is 0.389 e. The van der Waals surface area contributed by atoms with Crippen molar-refractivity contribution in [2.45, 2.75) is 38.7 Å². The molecule has 1 heterocycles. The molecule has 1 saturated heterocycles. The summed E-state index contributed by atoms with van der Waals surface area (Å²) in [5.41, 5.74) is -0.590. The topological polar surface area (TPSA) is 52.6 Å². The van der Waals surface area contributed by atoms with E-state index in [1.54, 1.807) is 0 Å². The minimum Gasteiger partial charge on any atom is -0.389 e. The number of amides is 1. The molecule has 88 valence electrons. The number of aliphatic hydroxyl groups is 1. The average molecular weight is 214 g/mol. The van der Waals surface area contributed by atoms with Gasteiger partial charge >= 0.3 is 0 Å². The Kier molecular flexibility index (Phi) is 4.54. The lowest BCUT2D eigenvalue weighted by atomic mass is 9.97. The Bertz CT molecular complexity index is 215. The normalized spacial score (nSPS) is 19.8. The number of nitrogens with zero attached hydrogens (tertiary/aromatic N) is 1. The van der Waals surface area contributed by atoms with Crippen molar-refractivity contribution in [3.05, 3.63) is 0 Å². The zero-order chi connectivity index (χ0) is 11.3. The van der Waals surface area contributed by atoms with Crippen LogP contribution >= 0.6 is 0 Å². The molecule has 0 aromatic heterocycles. The Hall–Kier alpha value is -0.610. The molecule has 15 heavy (non-hydrogen) atoms. The molecule has 0 bridgehead atoms. The Morgan fingerprint density at radius 2 is 2.07 bits per heavy atom. The molecule has 0 spiro atoms. The van der Waals surface area contributed by atoms with E-state index >= 15 is 0 Å². The molecule has 1 amide bonds. The lowest BCUT2D eigenvalue weighted by Crippen LogP contribution is -2.43. The Morgan fingerprint density at radius 3 is 2.67 bits per heavy atom. The number of carbonyl (C=O) groups is 1. The second-order valence-corrected chi connectivity index (χ2v) is 4.31. The van der Waals surface area contributed by atoms with E-state index in [2.05, 4.69) is 10.2 Å². The van der Waals surface area contributed by atoms with Gasteiger partial charge in [-0.3, -0.25) is 9.69 Å². The van der Waals surface area contributed by atoms with Gasteiger partial charge in [0.2, 0.25) is 5.91 Å². The third-order valence-corrected chi connectivity index (χ3v) is 3.24. The number of carbonyl (C=O) groups excluding carboxylic acids is 1. The SMILES string of the molecule is CCC(O)(CC)CN1CCNC(=O)CC1. The maximum atomic E-state index is 11.1. The van der Waals surface area contributed by atoms with Gasteiger partial charge in [-0.25, -0.2) is 0 Å². The second-order valence-electron chi connectivity index (χ2n) is 4.31. The van der Waals surface area contributed by atoms with E-state index in [0.29, 0.717) is 19.5 Å². The highest BCUT2D eigenvalue weighted by Gasteiger charge is 2.26. The fraction of sp³-hybridized carbons (Fsp3) is 0.909. The lowest BCUT2D eigenvalue weighted by Gasteiger charge is -2.31. The monoisotopic (exact) mass is 214 g/mol. The van der Waals surface area contributed by atoms with Gasteiger partial charge < -0.3 is 10.4 Å². The Balaban J connectivity index is 2.46. The van der Waals surface area contributed by atoms with E-state index in [-0.39, 0.29) is 5.91 Å². The van der Waals surface area contributed by atoms with Gasteiger partial charge in [0.15, 0.2) is 0 Å². The van der Waals surface area contributed by atoms with Crippen LogP contribution < -0.4 is 5.32 Å². The summed E-state index contributed by atoms with van der Waals surface area (Å²) >= 11 is 0. The molecule has 0 radical (unpaired) electrons. The van der Waals surface area contributed by atoms with Crippen LogP contribution in [-0.4, -0.2) is 47.7 Å². The average Bonchev–Trinajstić information content (AvgIpc) is 2.44. The molecule has 0 atom stereocenters. The third-order valence-electron chi connectivity index (χ3n) is 3.24. The van der Waals surface area contributed by atoms with Crippen molar-refractivity contribution < 1.29 is 9.90 Å². The maximum absolute atomic E-state index is 11.1. The first kappa shape index (κ1) is 12.5. The molecule has 1 fully saturated rings. The van der Waals surface area contributed by atoms with Crippen molar-refractivity contribution in [2.75, 3.05) is 26.2 Å². The summed E-state index contributed by atoms with van der Waals surface area (Å²) in [5, 5.41) is 13.0. The summed E-state index contributed by atoms with van der Waals surface area (Å²) in [6.07, 6.45) is 2.08. The summed E-state index contributed by atoms with van der Waals surface area (Å²) in [7, 11) is 0. The second kappa shape index (κ2) is 5.47. The van der Waals surface area contributed by atoms with Crippen LogP contribution in [0.15, 0.2) is 0 Å². The van der Waals surface area contributed by atoms with E-state index in [4.69, 9.17) is 0 Å². The molecule has 0 saturated carbocycles. The highest BCUT2D eigenvalue weighted by atomic mass is 16.3. The maximum Gasteiger partial charge on any atom is 0.221 e. The third kappa shape index (κ3) is 3.80. The molecule has 0 aromatic rings. The van der Waals surface area contributed by atoms with Crippen LogP contribution in [0.1, 0.15) is 33.1 Å². The van der Waals surface area contributed by atoms with Crippen LogP contribution in [0.4, 0.5) is 0 Å². The van der Waals surface area contributed by atoms with Crippen molar-refractivity contribution in [3.63, 3.8) is 0 Å². The lowest BCUT2D eigenvalue weighted by molar-refractivity contribution is -0.120. The number of nitrogens with one attached hydrogen (secondary N) is 1. The quantitative estimate of drug-likeness (QED) is 0.710. The van der Waals surface area contributed by atoms with Gasteiger partial charge in [-0.05, 0) is 12.8 Å². The minimum atomic E-state index is -0.590. The van der Waals surface area contributed by atoms with E-state index in [1.807, 2.05) is 13.8 Å². The van der Waals surface area contributed by atoms with Crippen LogP contribution in [0.3, 0.4) is 0 Å². The Labute approximate surface area is 91.6 Å². The molecule has 1 rings (SSSR count). The van der Waals surface area contributed by atoms with E-state index in [0.717, 1.165) is 25.9 Å². The number of hydrogen-bond donors (Lipinski definition) is 2. The van der Waals surface area contributed by atoms with Crippen LogP contribution in [-0.2, 0) is 4.79 Å². The van der Waals surface area contributed by atoms with Gasteiger partial charge in [-0.15, -0.1) is 0 Å². The van der Waals surface area contributed by atoms with Crippen LogP contribution in [0, 0.1) is 0 Å². The summed E-state index contributed by atoms with van der Waals surface area (Å²) < 4.78 is 0. The van der Waals surface area contributed by atoms with Crippen molar-refractivity contribution in [2.24, 2.45) is 0 Å². The predicted octanol–water partition coefficient (Wildman–Crippen LogP) is 0.359. The first-order valence-corrected chi connectivity index (χ1v) is 5.81. The summed E-state index contributed by atoms with van der Waals surface area (Å²) in [5.74, 6) is 0.119. The molecule has 0 aromatic carbocycles. The van der Waals surface area contributed by atoms with Crippen LogP contribution in [0.25, 0.3) is 0 Å². The number of rotatable bonds is 4. The summed E-state index contributed by atoms with van der Waals surface area (Å²) in [6, 6.07) is 0. The number of hydrogen-bond acceptors (Lipinski definition) is 3. The first-order valence-electron chi connectivity index (χ1n) is 5.81. The smallest absolute Gasteiger partial charge is 0.221 e. The van der Waals surface area contributed by atoms with E-state index in [1.165, 1.54) is 0 Å². The van der Waals surface area contributed by atoms with Crippen LogP contribution in [0.5, 0.6) is 0 Å². The molecule has 1 aliphatic rings. The summed E-state index contributed by atoms with van der Waals surface area (Å²) in [6.45, 7) is 6.98. The van der Waals surface area contributed by atoms with Crippen molar-refractivity contribution >= 4 is 5.91 Å². The minimum absolute atomic E-state index is 0.119. The predicted molar refractivity (Wildman–Crippen MR) is 59.6 cm³/mol. The van der Waals surface area contributed by atoms with Gasteiger partial charge in [0.1, 0.15) is 0 Å². The standard InChI is InChI=1S/C11H22N2O2/c1-3-11(15,4-2)9-13-7-5-10(14)12-6-8-13/h15H,3-9H2,1-2H3,(H,12,14). The molecular formula is C11H22N2O2. The van der Waals surface area contributed by atoms with Gasteiger partial charge in [-0.1, -0.05) is 13.8 Å². The summed E-state index contributed by atoms with van der Waals surface area (Å²) in [4.78, 5) is 13.3. The highest BCUT2D eigenvalue weighted by Crippen LogP contribution is 2.16. The van der Waals surface area contributed by atoms with Gasteiger partial charge in [0.25, 0.3) is 0 Å². The van der Waals surface area contributed by atoms with Crippen molar-refractivity contribution in [1.29, 1.82) is 0 Å². The zero-order valence-corrected chi connectivity index (χ0v) is 9.75. The molecule has 0 aliphatic carbocycles. The molecular weight excluding hydrogens is 192 g/mol.